The molecule has 0 saturated carbocycles. The summed E-state index contributed by atoms with van der Waals surface area (Å²) in [5, 5.41) is 3.42. The summed E-state index contributed by atoms with van der Waals surface area (Å²) in [7, 11) is -3.81. The Kier molecular flexibility index (Phi) is 11.2. The van der Waals surface area contributed by atoms with E-state index in [4.69, 9.17) is 11.6 Å². The number of halogens is 1. The van der Waals surface area contributed by atoms with Crippen LogP contribution in [0.25, 0.3) is 0 Å². The van der Waals surface area contributed by atoms with Crippen molar-refractivity contribution < 1.29 is 18.0 Å². The molecule has 0 aliphatic heterocycles. The molecule has 3 aromatic carbocycles. The molecule has 0 radical (unpaired) electrons. The molecule has 0 aliphatic rings. The lowest BCUT2D eigenvalue weighted by Gasteiger charge is -2.34. The predicted octanol–water partition coefficient (Wildman–Crippen LogP) is 5.08. The zero-order valence-electron chi connectivity index (χ0n) is 23.5. The van der Waals surface area contributed by atoms with Gasteiger partial charge in [-0.3, -0.25) is 13.9 Å². The number of carbonyl (C=O) groups is 2. The average molecular weight is 584 g/mol. The first-order valence-corrected chi connectivity index (χ1v) is 15.6. The molecule has 0 unspecified atom stereocenters. The Morgan fingerprint density at radius 3 is 2.10 bits per heavy atom. The number of nitrogens with one attached hydrogen (secondary N) is 1. The van der Waals surface area contributed by atoms with Gasteiger partial charge in [0.1, 0.15) is 12.6 Å². The highest BCUT2D eigenvalue weighted by Gasteiger charge is 2.33. The van der Waals surface area contributed by atoms with Crippen molar-refractivity contribution in [1.82, 2.24) is 10.2 Å². The molecule has 2 amide bonds. The number of benzene rings is 3. The molecule has 9 heteroatoms. The van der Waals surface area contributed by atoms with Crippen LogP contribution in [0.15, 0.2) is 78.9 Å². The second-order valence-electron chi connectivity index (χ2n) is 10.2. The Hall–Kier alpha value is -3.36. The highest BCUT2D eigenvalue weighted by atomic mass is 35.5. The molecular weight excluding hydrogens is 546 g/mol. The van der Waals surface area contributed by atoms with Crippen LogP contribution >= 0.6 is 11.6 Å². The van der Waals surface area contributed by atoms with E-state index in [0.29, 0.717) is 22.8 Å². The molecule has 7 nitrogen and oxygen atoms in total. The number of amides is 2. The number of carbonyl (C=O) groups excluding carboxylic acids is 2. The molecule has 0 aliphatic carbocycles. The molecule has 0 heterocycles. The smallest absolute Gasteiger partial charge is 0.244 e. The molecule has 1 N–H and O–H groups in total. The Labute approximate surface area is 243 Å². The third kappa shape index (κ3) is 8.83. The topological polar surface area (TPSA) is 86.8 Å². The minimum atomic E-state index is -3.81. The van der Waals surface area contributed by atoms with Crippen molar-refractivity contribution in [2.75, 3.05) is 23.7 Å². The Balaban J connectivity index is 2.04. The molecule has 3 aromatic rings. The van der Waals surface area contributed by atoms with E-state index in [1.165, 1.54) is 4.90 Å². The molecule has 214 valence electrons. The fourth-order valence-corrected chi connectivity index (χ4v) is 5.34. The molecule has 0 spiro atoms. The monoisotopic (exact) mass is 583 g/mol. The molecule has 0 aromatic heterocycles. The van der Waals surface area contributed by atoms with Gasteiger partial charge in [-0.05, 0) is 47.2 Å². The van der Waals surface area contributed by atoms with Crippen LogP contribution in [0.3, 0.4) is 0 Å². The van der Waals surface area contributed by atoms with Crippen molar-refractivity contribution in [2.24, 2.45) is 5.92 Å². The quantitative estimate of drug-likeness (QED) is 0.304. The Morgan fingerprint density at radius 2 is 1.52 bits per heavy atom. The third-order valence-corrected chi connectivity index (χ3v) is 8.08. The second-order valence-corrected chi connectivity index (χ2v) is 12.6. The summed E-state index contributed by atoms with van der Waals surface area (Å²) in [6, 6.07) is 22.8. The van der Waals surface area contributed by atoms with Gasteiger partial charge in [-0.1, -0.05) is 93.0 Å². The standard InChI is InChI=1S/C31H38ClN3O4S/c1-5-24-15-17-27(18-16-24)35(40(4,38)39)22-30(36)34(21-26-13-9-10-14-28(26)32)29(31(37)33-20-23(2)3)19-25-11-7-6-8-12-25/h6-18,23,29H,5,19-22H2,1-4H3,(H,33,37)/t29-/m0/s1. The molecule has 40 heavy (non-hydrogen) atoms. The van der Waals surface area contributed by atoms with E-state index in [0.717, 1.165) is 28.1 Å². The van der Waals surface area contributed by atoms with Gasteiger partial charge >= 0.3 is 0 Å². The van der Waals surface area contributed by atoms with Gasteiger partial charge in [0.15, 0.2) is 0 Å². The van der Waals surface area contributed by atoms with E-state index in [1.807, 2.05) is 69.3 Å². The molecule has 0 saturated heterocycles. The summed E-state index contributed by atoms with van der Waals surface area (Å²) in [6.07, 6.45) is 2.13. The summed E-state index contributed by atoms with van der Waals surface area (Å²) in [4.78, 5) is 29.2. The van der Waals surface area contributed by atoms with Crippen LogP contribution in [0.1, 0.15) is 37.5 Å². The minimum absolute atomic E-state index is 0.0392. The first-order chi connectivity index (χ1) is 19.0. The number of rotatable bonds is 13. The number of hydrogen-bond donors (Lipinski definition) is 1. The number of nitrogens with zero attached hydrogens (tertiary/aromatic N) is 2. The normalized spacial score (nSPS) is 12.2. The van der Waals surface area contributed by atoms with E-state index < -0.39 is 28.5 Å². The average Bonchev–Trinajstić information content (AvgIpc) is 2.93. The van der Waals surface area contributed by atoms with Gasteiger partial charge in [0.2, 0.25) is 21.8 Å². The van der Waals surface area contributed by atoms with Crippen LogP contribution in [0.2, 0.25) is 5.02 Å². The molecule has 1 atom stereocenters. The Morgan fingerprint density at radius 1 is 0.900 bits per heavy atom. The number of hydrogen-bond acceptors (Lipinski definition) is 4. The van der Waals surface area contributed by atoms with Gasteiger partial charge in [0, 0.05) is 24.5 Å². The highest BCUT2D eigenvalue weighted by molar-refractivity contribution is 7.92. The summed E-state index contributed by atoms with van der Waals surface area (Å²) in [5.41, 5.74) is 2.97. The summed E-state index contributed by atoms with van der Waals surface area (Å²) < 4.78 is 26.9. The summed E-state index contributed by atoms with van der Waals surface area (Å²) >= 11 is 6.48. The zero-order chi connectivity index (χ0) is 29.3. The molecule has 0 bridgehead atoms. The SMILES string of the molecule is CCc1ccc(N(CC(=O)N(Cc2ccccc2Cl)[C@@H](Cc2ccccc2)C(=O)NCC(C)C)S(C)(=O)=O)cc1. The third-order valence-electron chi connectivity index (χ3n) is 6.57. The first kappa shape index (κ1) is 31.2. The fourth-order valence-electron chi connectivity index (χ4n) is 4.30. The number of aryl methyl sites for hydroxylation is 1. The van der Waals surface area contributed by atoms with E-state index in [1.54, 1.807) is 30.3 Å². The molecule has 0 fully saturated rings. The van der Waals surface area contributed by atoms with E-state index in [2.05, 4.69) is 5.32 Å². The first-order valence-electron chi connectivity index (χ1n) is 13.4. The Bertz CT molecular complexity index is 1380. The van der Waals surface area contributed by atoms with Crippen molar-refractivity contribution in [1.29, 1.82) is 0 Å². The van der Waals surface area contributed by atoms with Gasteiger partial charge in [-0.15, -0.1) is 0 Å². The van der Waals surface area contributed by atoms with Crippen molar-refractivity contribution in [3.8, 4) is 0 Å². The highest BCUT2D eigenvalue weighted by Crippen LogP contribution is 2.23. The van der Waals surface area contributed by atoms with Crippen molar-refractivity contribution in [2.45, 2.75) is 46.2 Å². The zero-order valence-corrected chi connectivity index (χ0v) is 25.1. The number of sulfonamides is 1. The van der Waals surface area contributed by atoms with Gasteiger partial charge < -0.3 is 10.2 Å². The summed E-state index contributed by atoms with van der Waals surface area (Å²) in [5.74, 6) is -0.609. The van der Waals surface area contributed by atoms with Crippen molar-refractivity contribution in [3.05, 3.63) is 101 Å². The van der Waals surface area contributed by atoms with Gasteiger partial charge in [0.25, 0.3) is 0 Å². The van der Waals surface area contributed by atoms with Crippen molar-refractivity contribution >= 4 is 39.1 Å². The largest absolute Gasteiger partial charge is 0.354 e. The van der Waals surface area contributed by atoms with Crippen LogP contribution < -0.4 is 9.62 Å². The predicted molar refractivity (Wildman–Crippen MR) is 162 cm³/mol. The lowest BCUT2D eigenvalue weighted by Crippen LogP contribution is -2.53. The van der Waals surface area contributed by atoms with E-state index in [-0.39, 0.29) is 24.8 Å². The maximum Gasteiger partial charge on any atom is 0.244 e. The van der Waals surface area contributed by atoms with E-state index >= 15 is 0 Å². The van der Waals surface area contributed by atoms with E-state index in [9.17, 15) is 18.0 Å². The molecular formula is C31H38ClN3O4S. The minimum Gasteiger partial charge on any atom is -0.354 e. The van der Waals surface area contributed by atoms with Gasteiger partial charge in [-0.2, -0.15) is 0 Å². The number of anilines is 1. The van der Waals surface area contributed by atoms with Crippen LogP contribution in [0.4, 0.5) is 5.69 Å². The lowest BCUT2D eigenvalue weighted by atomic mass is 10.0. The van der Waals surface area contributed by atoms with Crippen LogP contribution in [-0.2, 0) is 39.0 Å². The maximum absolute atomic E-state index is 14.1. The fraction of sp³-hybridized carbons (Fsp3) is 0.355. The van der Waals surface area contributed by atoms with Crippen LogP contribution in [0, 0.1) is 5.92 Å². The maximum atomic E-state index is 14.1. The lowest BCUT2D eigenvalue weighted by molar-refractivity contribution is -0.140. The van der Waals surface area contributed by atoms with Gasteiger partial charge in [0.05, 0.1) is 11.9 Å². The molecule has 3 rings (SSSR count). The van der Waals surface area contributed by atoms with Crippen LogP contribution in [0.5, 0.6) is 0 Å². The van der Waals surface area contributed by atoms with Crippen molar-refractivity contribution in [3.63, 3.8) is 0 Å². The summed E-state index contributed by atoms with van der Waals surface area (Å²) in [6.45, 7) is 6.02. The second kappa shape index (κ2) is 14.3. The van der Waals surface area contributed by atoms with Gasteiger partial charge in [-0.25, -0.2) is 8.42 Å². The van der Waals surface area contributed by atoms with Crippen LogP contribution in [-0.4, -0.2) is 50.5 Å².